The van der Waals surface area contributed by atoms with E-state index in [1.165, 1.54) is 0 Å². The molecule has 46 heavy (non-hydrogen) atoms. The van der Waals surface area contributed by atoms with E-state index in [1.807, 2.05) is 61.5 Å². The molecule has 1 aromatic heterocycles. The van der Waals surface area contributed by atoms with E-state index in [4.69, 9.17) is 27.9 Å². The molecule has 2 aromatic carbocycles. The van der Waals surface area contributed by atoms with Crippen molar-refractivity contribution >= 4 is 35.1 Å². The maximum absolute atomic E-state index is 12.7. The van der Waals surface area contributed by atoms with E-state index in [1.54, 1.807) is 31.0 Å². The van der Waals surface area contributed by atoms with Gasteiger partial charge in [0, 0.05) is 19.3 Å². The van der Waals surface area contributed by atoms with Gasteiger partial charge in [-0.25, -0.2) is 20.1 Å². The van der Waals surface area contributed by atoms with Crippen molar-refractivity contribution in [3.63, 3.8) is 0 Å². The third-order valence-corrected chi connectivity index (χ3v) is 8.51. The second kappa shape index (κ2) is 14.5. The highest BCUT2D eigenvalue weighted by molar-refractivity contribution is 6.30. The predicted molar refractivity (Wildman–Crippen MR) is 169 cm³/mol. The minimum absolute atomic E-state index is 0.0708. The lowest BCUT2D eigenvalue weighted by Crippen LogP contribution is -2.40. The maximum atomic E-state index is 12.7. The molecular formula is C32H32Cl2F3N5O4. The number of guanidine groups is 1. The summed E-state index contributed by atoms with van der Waals surface area (Å²) in [5.74, 6) is -1.46. The Morgan fingerprint density at radius 3 is 2.52 bits per heavy atom. The molecule has 3 aromatic rings. The third-order valence-electron chi connectivity index (χ3n) is 7.95. The molecule has 1 fully saturated rings. The Balaban J connectivity index is 0.000000240. The highest BCUT2D eigenvalue weighted by Crippen LogP contribution is 2.60. The lowest BCUT2D eigenvalue weighted by Gasteiger charge is -2.17. The van der Waals surface area contributed by atoms with E-state index < -0.39 is 39.5 Å². The van der Waals surface area contributed by atoms with Gasteiger partial charge < -0.3 is 9.64 Å². The van der Waals surface area contributed by atoms with Gasteiger partial charge in [-0.05, 0) is 52.1 Å². The molecule has 9 nitrogen and oxygen atoms in total. The number of allylic oxidation sites excluding steroid dienone is 2. The van der Waals surface area contributed by atoms with E-state index >= 15 is 0 Å². The van der Waals surface area contributed by atoms with Crippen LogP contribution in [0.2, 0.25) is 5.15 Å². The Kier molecular flexibility index (Phi) is 10.9. The van der Waals surface area contributed by atoms with Crippen molar-refractivity contribution in [3.05, 3.63) is 110 Å². The molecule has 0 bridgehead atoms. The average Bonchev–Trinajstić information content (AvgIpc) is 3.28. The van der Waals surface area contributed by atoms with Gasteiger partial charge in [-0.1, -0.05) is 103 Å². The first-order chi connectivity index (χ1) is 21.7. The molecule has 244 valence electrons. The normalized spacial score (nSPS) is 18.7. The van der Waals surface area contributed by atoms with Crippen LogP contribution in [0.15, 0.2) is 83.0 Å². The van der Waals surface area contributed by atoms with Crippen molar-refractivity contribution in [1.29, 1.82) is 0 Å². The minimum atomic E-state index is -4.61. The van der Waals surface area contributed by atoms with Crippen LogP contribution >= 0.6 is 23.2 Å². The van der Waals surface area contributed by atoms with Gasteiger partial charge in [-0.3, -0.25) is 4.79 Å². The number of halogens is 5. The van der Waals surface area contributed by atoms with Crippen LogP contribution in [0.5, 0.6) is 0 Å². The number of aromatic nitrogens is 1. The third kappa shape index (κ3) is 8.76. The Hall–Kier alpha value is -4.16. The molecule has 2 aliphatic rings. The molecule has 5 rings (SSSR count). The summed E-state index contributed by atoms with van der Waals surface area (Å²) in [4.78, 5) is 32.6. The highest BCUT2D eigenvalue weighted by atomic mass is 35.5. The number of hydrazine groups is 1. The van der Waals surface area contributed by atoms with Gasteiger partial charge in [-0.15, -0.1) is 0 Å². The largest absolute Gasteiger partial charge is 0.461 e. The van der Waals surface area contributed by atoms with E-state index in [9.17, 15) is 28.1 Å². The number of carbonyl (C=O) groups is 1. The van der Waals surface area contributed by atoms with Crippen molar-refractivity contribution in [2.24, 2.45) is 22.2 Å². The summed E-state index contributed by atoms with van der Waals surface area (Å²) in [5, 5.41) is 8.97. The van der Waals surface area contributed by atoms with Gasteiger partial charge >= 0.3 is 12.1 Å². The average molecular weight is 679 g/mol. The molecule has 0 amide bonds. The van der Waals surface area contributed by atoms with Gasteiger partial charge in [0.1, 0.15) is 16.8 Å². The van der Waals surface area contributed by atoms with Crippen LogP contribution < -0.4 is 5.43 Å². The molecule has 0 radical (unpaired) electrons. The molecule has 0 unspecified atom stereocenters. The van der Waals surface area contributed by atoms with E-state index in [0.717, 1.165) is 33.9 Å². The first-order valence-electron chi connectivity index (χ1n) is 14.2. The fourth-order valence-corrected chi connectivity index (χ4v) is 5.49. The zero-order valence-corrected chi connectivity index (χ0v) is 26.7. The number of aliphatic imine (C=N–C) groups is 1. The zero-order valence-electron chi connectivity index (χ0n) is 25.2. The van der Waals surface area contributed by atoms with Crippen LogP contribution in [0.25, 0.3) is 11.1 Å². The number of rotatable bonds is 8. The molecule has 1 aliphatic carbocycles. The maximum Gasteiger partial charge on any atom is 0.426 e. The summed E-state index contributed by atoms with van der Waals surface area (Å²) in [6.45, 7) is 7.23. The lowest BCUT2D eigenvalue weighted by molar-refractivity contribution is -0.526. The second-order valence-electron chi connectivity index (χ2n) is 11.4. The molecule has 2 atom stereocenters. The number of nitrogens with one attached hydrogen (secondary N) is 1. The van der Waals surface area contributed by atoms with Gasteiger partial charge in [0.2, 0.25) is 0 Å². The summed E-state index contributed by atoms with van der Waals surface area (Å²) < 4.78 is 43.5. The van der Waals surface area contributed by atoms with Crippen molar-refractivity contribution in [2.75, 3.05) is 13.1 Å². The van der Waals surface area contributed by atoms with Crippen LogP contribution in [0, 0.1) is 34.3 Å². The standard InChI is InChI=1S/C23H22ClF3O2.C9H10ClN5O2/c1-14-16(10-7-11-17(14)15-8-5-4-6-9-15)13-29-21(28)20-18(22(20,2)3)12-19(24)23(25,26)27;10-8-2-1-7(5-12-8)6-14-4-3-11-9(14)13-15(16)17/h4-12,18,20H,13H2,1-3H3;1-2,5H,3-4,6H2,(H,11,13)/b19-12-;/t18-,20-;/m0./s1. The van der Waals surface area contributed by atoms with Gasteiger partial charge in [0.05, 0.1) is 12.5 Å². The fraction of sp³-hybridized carbons (Fsp3) is 0.344. The summed E-state index contributed by atoms with van der Waals surface area (Å²) in [5.41, 5.74) is 6.35. The van der Waals surface area contributed by atoms with Crippen LogP contribution in [-0.4, -0.2) is 46.1 Å². The summed E-state index contributed by atoms with van der Waals surface area (Å²) >= 11 is 11.0. The second-order valence-corrected chi connectivity index (χ2v) is 12.2. The van der Waals surface area contributed by atoms with Gasteiger partial charge in [0.15, 0.2) is 5.03 Å². The smallest absolute Gasteiger partial charge is 0.426 e. The van der Waals surface area contributed by atoms with Crippen LogP contribution in [0.1, 0.15) is 30.5 Å². The quantitative estimate of drug-likeness (QED) is 0.115. The minimum Gasteiger partial charge on any atom is -0.461 e. The number of pyridine rings is 1. The SMILES string of the molecule is Cc1c(COC(=O)[C@@H]2[C@H](/C=C(\Cl)C(F)(F)F)C2(C)C)cccc1-c1ccccc1.O=[N+]([O-])NC1=NCCN1Cc1ccc(Cl)nc1. The van der Waals surface area contributed by atoms with Crippen molar-refractivity contribution < 1.29 is 27.7 Å². The van der Waals surface area contributed by atoms with Gasteiger partial charge in [0.25, 0.3) is 5.96 Å². The monoisotopic (exact) mass is 677 g/mol. The Labute approximate surface area is 274 Å². The molecule has 2 heterocycles. The van der Waals surface area contributed by atoms with E-state index in [0.29, 0.717) is 24.8 Å². The summed E-state index contributed by atoms with van der Waals surface area (Å²) in [7, 11) is 0. The first-order valence-corrected chi connectivity index (χ1v) is 15.0. The van der Waals surface area contributed by atoms with Crippen LogP contribution in [-0.2, 0) is 22.7 Å². The first kappa shape index (κ1) is 34.7. The highest BCUT2D eigenvalue weighted by Gasteiger charge is 2.62. The summed E-state index contributed by atoms with van der Waals surface area (Å²) in [6, 6.07) is 19.2. The zero-order chi connectivity index (χ0) is 33.6. The summed E-state index contributed by atoms with van der Waals surface area (Å²) in [6.07, 6.45) is -2.04. The number of carbonyl (C=O) groups excluding carboxylic acids is 1. The Morgan fingerprint density at radius 2 is 1.89 bits per heavy atom. The Morgan fingerprint density at radius 1 is 1.17 bits per heavy atom. The van der Waals surface area contributed by atoms with Crippen LogP contribution in [0.4, 0.5) is 13.2 Å². The molecule has 1 aliphatic heterocycles. The molecule has 14 heteroatoms. The van der Waals surface area contributed by atoms with Crippen LogP contribution in [0.3, 0.4) is 0 Å². The number of hydrogen-bond acceptors (Lipinski definition) is 7. The van der Waals surface area contributed by atoms with Crippen molar-refractivity contribution in [2.45, 2.75) is 40.1 Å². The molecule has 0 spiro atoms. The number of esters is 1. The number of ether oxygens (including phenoxy) is 1. The fourth-order valence-electron chi connectivity index (χ4n) is 5.24. The number of hydrogen-bond donors (Lipinski definition) is 1. The van der Waals surface area contributed by atoms with Gasteiger partial charge in [-0.2, -0.15) is 13.2 Å². The van der Waals surface area contributed by atoms with Crippen molar-refractivity contribution in [1.82, 2.24) is 15.3 Å². The topological polar surface area (TPSA) is 110 Å². The molecule has 0 saturated heterocycles. The number of nitro groups is 1. The Bertz CT molecular complexity index is 1620. The van der Waals surface area contributed by atoms with E-state index in [-0.39, 0.29) is 12.6 Å². The van der Waals surface area contributed by atoms with Crippen molar-refractivity contribution in [3.8, 4) is 11.1 Å². The predicted octanol–water partition coefficient (Wildman–Crippen LogP) is 7.35. The van der Waals surface area contributed by atoms with E-state index in [2.05, 4.69) is 15.4 Å². The number of nitrogens with zero attached hydrogens (tertiary/aromatic N) is 4. The number of benzene rings is 2. The lowest BCUT2D eigenvalue weighted by atomic mass is 9.97. The molecular weight excluding hydrogens is 646 g/mol. The molecule has 1 saturated carbocycles. The molecule has 1 N–H and O–H groups in total. The number of alkyl halides is 3.